The Kier molecular flexibility index (Phi) is 9.47. The molecule has 0 atom stereocenters. The van der Waals surface area contributed by atoms with E-state index in [9.17, 15) is 4.79 Å². The van der Waals surface area contributed by atoms with Gasteiger partial charge >= 0.3 is 0 Å². The Labute approximate surface area is 136 Å². The Morgan fingerprint density at radius 1 is 1.10 bits per heavy atom. The molecule has 120 valence electrons. The van der Waals surface area contributed by atoms with E-state index >= 15 is 0 Å². The van der Waals surface area contributed by atoms with Crippen molar-refractivity contribution in [1.82, 2.24) is 10.2 Å². The molecule has 0 aromatic rings. The van der Waals surface area contributed by atoms with Gasteiger partial charge in [-0.15, -0.1) is 0 Å². The lowest BCUT2D eigenvalue weighted by atomic mass is 10.1. The number of rotatable bonds is 11. The average molecular weight is 321 g/mol. The molecule has 0 aromatic heterocycles. The number of nitrogens with zero attached hydrogens (tertiary/aromatic N) is 1. The highest BCUT2D eigenvalue weighted by Gasteiger charge is 2.17. The third-order valence-electron chi connectivity index (χ3n) is 2.78. The maximum atomic E-state index is 11.0. The summed E-state index contributed by atoms with van der Waals surface area (Å²) in [6.45, 7) is 14.8. The highest BCUT2D eigenvalue weighted by atomic mass is 32.1. The molecular weight excluding hydrogens is 288 g/mol. The molecular formula is C15H32N2OS2. The van der Waals surface area contributed by atoms with Crippen molar-refractivity contribution >= 4 is 31.0 Å². The van der Waals surface area contributed by atoms with Crippen LogP contribution in [0.5, 0.6) is 0 Å². The van der Waals surface area contributed by atoms with Crippen LogP contribution in [0.15, 0.2) is 0 Å². The zero-order valence-electron chi connectivity index (χ0n) is 13.7. The van der Waals surface area contributed by atoms with Gasteiger partial charge in [-0.05, 0) is 47.6 Å². The maximum absolute atomic E-state index is 11.0. The smallest absolute Gasteiger partial charge is 0.129 e. The van der Waals surface area contributed by atoms with Crippen molar-refractivity contribution in [3.05, 3.63) is 0 Å². The van der Waals surface area contributed by atoms with Gasteiger partial charge in [0.1, 0.15) is 5.78 Å². The molecule has 0 aliphatic rings. The van der Waals surface area contributed by atoms with Crippen LogP contribution in [-0.2, 0) is 4.79 Å². The van der Waals surface area contributed by atoms with Crippen molar-refractivity contribution < 1.29 is 4.79 Å². The van der Waals surface area contributed by atoms with Crippen molar-refractivity contribution in [1.29, 1.82) is 0 Å². The SMILES string of the molecule is CC(=O)CCCN(CCNCC(C)(C)S)CC(C)(C)S. The van der Waals surface area contributed by atoms with Gasteiger partial charge in [0.25, 0.3) is 0 Å². The highest BCUT2D eigenvalue weighted by molar-refractivity contribution is 7.82. The van der Waals surface area contributed by atoms with Crippen LogP contribution < -0.4 is 5.32 Å². The Hall–Kier alpha value is 0.290. The number of carbonyl (C=O) groups excluding carboxylic acids is 1. The van der Waals surface area contributed by atoms with Crippen LogP contribution in [0.25, 0.3) is 0 Å². The monoisotopic (exact) mass is 320 g/mol. The largest absolute Gasteiger partial charge is 0.314 e. The normalized spacial score (nSPS) is 13.0. The second kappa shape index (κ2) is 9.34. The van der Waals surface area contributed by atoms with Crippen LogP contribution in [-0.4, -0.2) is 52.9 Å². The van der Waals surface area contributed by atoms with Gasteiger partial charge in [-0.3, -0.25) is 0 Å². The van der Waals surface area contributed by atoms with Gasteiger partial charge < -0.3 is 15.0 Å². The molecule has 0 aliphatic heterocycles. The molecule has 0 bridgehead atoms. The summed E-state index contributed by atoms with van der Waals surface area (Å²) in [7, 11) is 0. The van der Waals surface area contributed by atoms with E-state index in [0.29, 0.717) is 6.42 Å². The lowest BCUT2D eigenvalue weighted by Crippen LogP contribution is -2.41. The first kappa shape index (κ1) is 20.3. The summed E-state index contributed by atoms with van der Waals surface area (Å²) >= 11 is 9.11. The third kappa shape index (κ3) is 14.7. The molecule has 0 saturated carbocycles. The van der Waals surface area contributed by atoms with E-state index in [2.05, 4.69) is 63.2 Å². The predicted octanol–water partition coefficient (Wildman–Crippen LogP) is 2.66. The summed E-state index contributed by atoms with van der Waals surface area (Å²) in [5.74, 6) is 0.269. The molecule has 0 fully saturated rings. The Bertz CT molecular complexity index is 283. The third-order valence-corrected chi connectivity index (χ3v) is 3.08. The summed E-state index contributed by atoms with van der Waals surface area (Å²) in [5, 5.41) is 3.43. The van der Waals surface area contributed by atoms with Crippen LogP contribution in [0.3, 0.4) is 0 Å². The van der Waals surface area contributed by atoms with E-state index in [1.54, 1.807) is 6.92 Å². The first-order valence-electron chi connectivity index (χ1n) is 7.37. The Morgan fingerprint density at radius 2 is 1.70 bits per heavy atom. The molecule has 0 unspecified atom stereocenters. The molecule has 0 rings (SSSR count). The predicted molar refractivity (Wildman–Crippen MR) is 95.4 cm³/mol. The molecule has 0 spiro atoms. The van der Waals surface area contributed by atoms with Crippen molar-refractivity contribution in [2.24, 2.45) is 0 Å². The summed E-state index contributed by atoms with van der Waals surface area (Å²) in [6.07, 6.45) is 1.60. The van der Waals surface area contributed by atoms with Gasteiger partial charge in [0.05, 0.1) is 0 Å². The standard InChI is InChI=1S/C15H32N2OS2/c1-13(18)7-6-9-17(12-15(4,5)20)10-8-16-11-14(2,3)19/h16,19-20H,6-12H2,1-5H3. The van der Waals surface area contributed by atoms with Crippen LogP contribution in [0.1, 0.15) is 47.5 Å². The van der Waals surface area contributed by atoms with E-state index in [-0.39, 0.29) is 15.3 Å². The molecule has 0 radical (unpaired) electrons. The molecule has 0 amide bonds. The van der Waals surface area contributed by atoms with E-state index in [0.717, 1.165) is 39.1 Å². The van der Waals surface area contributed by atoms with Gasteiger partial charge in [-0.1, -0.05) is 0 Å². The minimum Gasteiger partial charge on any atom is -0.314 e. The quantitative estimate of drug-likeness (QED) is 0.404. The zero-order chi connectivity index (χ0) is 15.8. The first-order valence-corrected chi connectivity index (χ1v) is 8.26. The number of carbonyl (C=O) groups is 1. The molecule has 0 aromatic carbocycles. The van der Waals surface area contributed by atoms with Crippen LogP contribution in [0.2, 0.25) is 0 Å². The van der Waals surface area contributed by atoms with Gasteiger partial charge in [-0.25, -0.2) is 0 Å². The lowest BCUT2D eigenvalue weighted by Gasteiger charge is -2.30. The molecule has 3 nitrogen and oxygen atoms in total. The highest BCUT2D eigenvalue weighted by Crippen LogP contribution is 2.14. The molecule has 20 heavy (non-hydrogen) atoms. The van der Waals surface area contributed by atoms with Crippen molar-refractivity contribution in [3.63, 3.8) is 0 Å². The molecule has 0 aliphatic carbocycles. The first-order chi connectivity index (χ1) is 8.99. The lowest BCUT2D eigenvalue weighted by molar-refractivity contribution is -0.117. The number of ketones is 1. The molecule has 0 heterocycles. The molecule has 5 heteroatoms. The fourth-order valence-corrected chi connectivity index (χ4v) is 2.31. The van der Waals surface area contributed by atoms with E-state index in [1.807, 2.05) is 0 Å². The summed E-state index contributed by atoms with van der Waals surface area (Å²) in [6, 6.07) is 0. The zero-order valence-corrected chi connectivity index (χ0v) is 15.5. The van der Waals surface area contributed by atoms with Crippen molar-refractivity contribution in [3.8, 4) is 0 Å². The minimum atomic E-state index is -0.0148. The second-order valence-corrected chi connectivity index (χ2v) is 9.30. The Balaban J connectivity index is 4.08. The van der Waals surface area contributed by atoms with Crippen molar-refractivity contribution in [2.75, 3.05) is 32.7 Å². The fraction of sp³-hybridized carbons (Fsp3) is 0.933. The number of thiol groups is 2. The van der Waals surface area contributed by atoms with Crippen molar-refractivity contribution in [2.45, 2.75) is 57.0 Å². The van der Waals surface area contributed by atoms with Crippen LogP contribution >= 0.6 is 25.3 Å². The van der Waals surface area contributed by atoms with Crippen LogP contribution in [0.4, 0.5) is 0 Å². The number of Topliss-reactive ketones (excluding diaryl/α,β-unsaturated/α-hetero) is 1. The van der Waals surface area contributed by atoms with E-state index in [1.165, 1.54) is 0 Å². The number of hydrogen-bond donors (Lipinski definition) is 3. The Morgan fingerprint density at radius 3 is 2.15 bits per heavy atom. The molecule has 1 N–H and O–H groups in total. The number of hydrogen-bond acceptors (Lipinski definition) is 5. The van der Waals surface area contributed by atoms with Gasteiger partial charge in [-0.2, -0.15) is 25.3 Å². The van der Waals surface area contributed by atoms with Gasteiger partial charge in [0.2, 0.25) is 0 Å². The fourth-order valence-electron chi connectivity index (χ4n) is 2.00. The maximum Gasteiger partial charge on any atom is 0.129 e. The van der Waals surface area contributed by atoms with E-state index < -0.39 is 0 Å². The summed E-state index contributed by atoms with van der Waals surface area (Å²) in [4.78, 5) is 13.4. The average Bonchev–Trinajstić information content (AvgIpc) is 2.20. The minimum absolute atomic E-state index is 0.0148. The summed E-state index contributed by atoms with van der Waals surface area (Å²) < 4.78 is 0.00131. The second-order valence-electron chi connectivity index (χ2n) is 6.88. The van der Waals surface area contributed by atoms with Gasteiger partial charge in [0, 0.05) is 42.1 Å². The van der Waals surface area contributed by atoms with Crippen LogP contribution in [0, 0.1) is 0 Å². The van der Waals surface area contributed by atoms with E-state index in [4.69, 9.17) is 0 Å². The number of nitrogens with one attached hydrogen (secondary N) is 1. The summed E-state index contributed by atoms with van der Waals surface area (Å²) in [5.41, 5.74) is 0. The van der Waals surface area contributed by atoms with Gasteiger partial charge in [0.15, 0.2) is 0 Å². The topological polar surface area (TPSA) is 32.3 Å². The molecule has 0 saturated heterocycles.